The van der Waals surface area contributed by atoms with Crippen molar-refractivity contribution in [3.05, 3.63) is 99.9 Å². The first-order chi connectivity index (χ1) is 16.7. The number of anilines is 1. The highest BCUT2D eigenvalue weighted by molar-refractivity contribution is 7.10. The Morgan fingerprint density at radius 2 is 1.66 bits per heavy atom. The second-order valence-corrected chi connectivity index (χ2v) is 9.70. The molecule has 0 aliphatic carbocycles. The zero-order chi connectivity index (χ0) is 23.8. The van der Waals surface area contributed by atoms with Crippen molar-refractivity contribution in [2.24, 2.45) is 4.99 Å². The lowest BCUT2D eigenvalue weighted by Gasteiger charge is -2.23. The van der Waals surface area contributed by atoms with E-state index in [9.17, 15) is 0 Å². The van der Waals surface area contributed by atoms with Crippen molar-refractivity contribution in [1.29, 1.82) is 0 Å². The third-order valence-corrected chi connectivity index (χ3v) is 6.78. The molecule has 3 aromatic carbocycles. The molecule has 0 saturated carbocycles. The molecule has 0 fully saturated rings. The molecule has 3 nitrogen and oxygen atoms in total. The summed E-state index contributed by atoms with van der Waals surface area (Å²) < 4.78 is 0. The molecule has 0 spiro atoms. The number of rotatable bonds is 10. The molecule has 7 heteroatoms. The van der Waals surface area contributed by atoms with Gasteiger partial charge in [0.2, 0.25) is 0 Å². The first-order valence-corrected chi connectivity index (χ1v) is 13.2. The van der Waals surface area contributed by atoms with Crippen molar-refractivity contribution in [2.45, 2.75) is 13.3 Å². The van der Waals surface area contributed by atoms with E-state index in [4.69, 9.17) is 28.2 Å². The minimum absolute atomic E-state index is 0. The summed E-state index contributed by atoms with van der Waals surface area (Å²) in [6.45, 7) is 3.66. The van der Waals surface area contributed by atoms with Crippen molar-refractivity contribution >= 4 is 64.5 Å². The van der Waals surface area contributed by atoms with Gasteiger partial charge >= 0.3 is 0 Å². The maximum atomic E-state index is 5.95. The largest absolute Gasteiger partial charge is 0.369 e. The van der Waals surface area contributed by atoms with Gasteiger partial charge in [-0.25, -0.2) is 4.98 Å². The Balaban J connectivity index is 0.00000342. The number of hydrogen-bond acceptors (Lipinski definition) is 4. The average Bonchev–Trinajstić information content (AvgIpc) is 3.32. The van der Waals surface area contributed by atoms with E-state index < -0.39 is 0 Å². The van der Waals surface area contributed by atoms with E-state index in [1.165, 1.54) is 11.1 Å². The van der Waals surface area contributed by atoms with Gasteiger partial charge < -0.3 is 4.90 Å². The van der Waals surface area contributed by atoms with Gasteiger partial charge in [-0.2, -0.15) is 0 Å². The molecule has 0 saturated heterocycles. The van der Waals surface area contributed by atoms with E-state index in [0.29, 0.717) is 11.8 Å². The van der Waals surface area contributed by atoms with Gasteiger partial charge in [0, 0.05) is 54.1 Å². The molecule has 0 radical (unpaired) electrons. The van der Waals surface area contributed by atoms with Crippen LogP contribution in [0, 0.1) is 6.92 Å². The van der Waals surface area contributed by atoms with Crippen LogP contribution in [0.4, 0.5) is 11.4 Å². The Kier molecular flexibility index (Phi) is 10.6. The van der Waals surface area contributed by atoms with Crippen LogP contribution in [0.2, 0.25) is 0 Å². The van der Waals surface area contributed by atoms with Crippen LogP contribution in [-0.2, 0) is 6.42 Å². The molecule has 0 bridgehead atoms. The number of aliphatic imine (C=N–C) groups is 1. The van der Waals surface area contributed by atoms with Gasteiger partial charge in [-0.1, -0.05) is 48.5 Å². The van der Waals surface area contributed by atoms with Crippen molar-refractivity contribution in [2.75, 3.05) is 29.7 Å². The monoisotopic (exact) mass is 543 g/mol. The van der Waals surface area contributed by atoms with Crippen LogP contribution in [0.1, 0.15) is 21.7 Å². The number of nitrogens with zero attached hydrogens (tertiary/aromatic N) is 3. The summed E-state index contributed by atoms with van der Waals surface area (Å²) in [5.41, 5.74) is 7.70. The molecule has 4 rings (SSSR count). The Morgan fingerprint density at radius 1 is 0.943 bits per heavy atom. The summed E-state index contributed by atoms with van der Waals surface area (Å²) in [4.78, 5) is 11.7. The van der Waals surface area contributed by atoms with Crippen LogP contribution in [0.3, 0.4) is 0 Å². The SMILES string of the molecule is Cc1cc(N(CCCl)CCCl)ccc1C=Nc1ccc(-c2csc(Cc3ccccc3)n2)cc1.Cl. The second-order valence-electron chi connectivity index (χ2n) is 8.00. The molecule has 0 aliphatic heterocycles. The van der Waals surface area contributed by atoms with Crippen LogP contribution in [-0.4, -0.2) is 36.0 Å². The van der Waals surface area contributed by atoms with E-state index in [1.807, 2.05) is 24.4 Å². The van der Waals surface area contributed by atoms with Crippen molar-refractivity contribution in [1.82, 2.24) is 4.98 Å². The third kappa shape index (κ3) is 7.55. The molecular weight excluding hydrogens is 517 g/mol. The summed E-state index contributed by atoms with van der Waals surface area (Å²) in [5, 5.41) is 3.25. The molecule has 0 aliphatic rings. The quantitative estimate of drug-likeness (QED) is 0.149. The smallest absolute Gasteiger partial charge is 0.0976 e. The lowest BCUT2D eigenvalue weighted by atomic mass is 10.1. The fraction of sp³-hybridized carbons (Fsp3) is 0.214. The van der Waals surface area contributed by atoms with Gasteiger partial charge in [-0.15, -0.1) is 46.9 Å². The maximum Gasteiger partial charge on any atom is 0.0976 e. The molecule has 0 amide bonds. The van der Waals surface area contributed by atoms with Gasteiger partial charge in [0.05, 0.1) is 16.4 Å². The summed E-state index contributed by atoms with van der Waals surface area (Å²) in [6, 6.07) is 25.1. The van der Waals surface area contributed by atoms with Gasteiger partial charge in [-0.3, -0.25) is 4.99 Å². The highest BCUT2D eigenvalue weighted by Crippen LogP contribution is 2.26. The maximum absolute atomic E-state index is 5.95. The van der Waals surface area contributed by atoms with Gasteiger partial charge in [0.1, 0.15) is 0 Å². The Bertz CT molecular complexity index is 1220. The first kappa shape index (κ1) is 27.2. The fourth-order valence-electron chi connectivity index (χ4n) is 3.73. The summed E-state index contributed by atoms with van der Waals surface area (Å²) >= 11 is 13.6. The van der Waals surface area contributed by atoms with Crippen molar-refractivity contribution < 1.29 is 0 Å². The minimum Gasteiger partial charge on any atom is -0.369 e. The van der Waals surface area contributed by atoms with E-state index in [0.717, 1.165) is 52.7 Å². The lowest BCUT2D eigenvalue weighted by Crippen LogP contribution is -2.27. The molecule has 1 aromatic heterocycles. The molecule has 1 heterocycles. The molecule has 0 atom stereocenters. The van der Waals surface area contributed by atoms with Gasteiger partial charge in [0.25, 0.3) is 0 Å². The predicted octanol–water partition coefficient (Wildman–Crippen LogP) is 8.17. The molecule has 0 N–H and O–H groups in total. The van der Waals surface area contributed by atoms with Crippen LogP contribution in [0.5, 0.6) is 0 Å². The minimum atomic E-state index is 0. The number of hydrogen-bond donors (Lipinski definition) is 0. The van der Waals surface area contributed by atoms with Gasteiger partial charge in [0.15, 0.2) is 0 Å². The standard InChI is InChI=1S/C28H27Cl2N3S.ClH/c1-21-17-26(33(15-13-29)16-14-30)12-9-24(21)19-31-25-10-7-23(8-11-25)27-20-34-28(32-27)18-22-5-3-2-4-6-22;/h2-12,17,19-20H,13-16,18H2,1H3;1H. The van der Waals surface area contributed by atoms with E-state index in [2.05, 4.69) is 76.8 Å². The predicted molar refractivity (Wildman–Crippen MR) is 156 cm³/mol. The summed E-state index contributed by atoms with van der Waals surface area (Å²) in [6.07, 6.45) is 2.78. The fourth-order valence-corrected chi connectivity index (χ4v) is 4.98. The van der Waals surface area contributed by atoms with Crippen LogP contribution in [0.25, 0.3) is 11.3 Å². The Morgan fingerprint density at radius 3 is 2.31 bits per heavy atom. The molecule has 35 heavy (non-hydrogen) atoms. The summed E-state index contributed by atoms with van der Waals surface area (Å²) in [7, 11) is 0. The van der Waals surface area contributed by atoms with Crippen molar-refractivity contribution in [3.8, 4) is 11.3 Å². The molecule has 182 valence electrons. The zero-order valence-electron chi connectivity index (χ0n) is 19.5. The van der Waals surface area contributed by atoms with Crippen LogP contribution >= 0.6 is 46.9 Å². The third-order valence-electron chi connectivity index (χ3n) is 5.59. The summed E-state index contributed by atoms with van der Waals surface area (Å²) in [5.74, 6) is 1.15. The van der Waals surface area contributed by atoms with Gasteiger partial charge in [-0.05, 0) is 47.9 Å². The van der Waals surface area contributed by atoms with Crippen LogP contribution in [0.15, 0.2) is 83.2 Å². The van der Waals surface area contributed by atoms with Crippen molar-refractivity contribution in [3.63, 3.8) is 0 Å². The number of thiazole rings is 1. The number of alkyl halides is 2. The second kappa shape index (κ2) is 13.6. The topological polar surface area (TPSA) is 28.5 Å². The van der Waals surface area contributed by atoms with Crippen LogP contribution < -0.4 is 4.90 Å². The molecular formula is C28H28Cl3N3S. The number of halogens is 3. The normalized spacial score (nSPS) is 10.9. The highest BCUT2D eigenvalue weighted by atomic mass is 35.5. The van der Waals surface area contributed by atoms with E-state index >= 15 is 0 Å². The molecule has 4 aromatic rings. The average molecular weight is 545 g/mol. The number of aryl methyl sites for hydroxylation is 1. The first-order valence-electron chi connectivity index (χ1n) is 11.3. The van der Waals surface area contributed by atoms with E-state index in [1.54, 1.807) is 11.3 Å². The lowest BCUT2D eigenvalue weighted by molar-refractivity contribution is 0.873. The Labute approximate surface area is 227 Å². The number of aromatic nitrogens is 1. The number of benzene rings is 3. The highest BCUT2D eigenvalue weighted by Gasteiger charge is 2.08. The zero-order valence-corrected chi connectivity index (χ0v) is 22.7. The Hall–Kier alpha value is -2.37. The molecule has 0 unspecified atom stereocenters. The van der Waals surface area contributed by atoms with E-state index in [-0.39, 0.29) is 12.4 Å².